The van der Waals surface area contributed by atoms with Crippen molar-refractivity contribution in [3.05, 3.63) is 30.0 Å². The van der Waals surface area contributed by atoms with Gasteiger partial charge in [0, 0.05) is 12.3 Å². The molecule has 0 aliphatic carbocycles. The molecule has 1 amide bonds. The summed E-state index contributed by atoms with van der Waals surface area (Å²) in [6.07, 6.45) is 3.42. The van der Waals surface area contributed by atoms with Gasteiger partial charge in [-0.2, -0.15) is 0 Å². The van der Waals surface area contributed by atoms with Crippen molar-refractivity contribution in [3.8, 4) is 5.75 Å². The van der Waals surface area contributed by atoms with E-state index in [0.717, 1.165) is 5.69 Å². The zero-order chi connectivity index (χ0) is 14.8. The monoisotopic (exact) mass is 302 g/mol. The average molecular weight is 302 g/mol. The number of hydrogen-bond donors (Lipinski definition) is 2. The lowest BCUT2D eigenvalue weighted by molar-refractivity contribution is 0.102. The maximum absolute atomic E-state index is 12.3. The predicted molar refractivity (Wildman–Crippen MR) is 82.7 cm³/mol. The van der Waals surface area contributed by atoms with E-state index in [9.17, 15) is 4.79 Å². The molecule has 108 valence electrons. The first-order chi connectivity index (χ1) is 10.2. The van der Waals surface area contributed by atoms with E-state index in [1.165, 1.54) is 18.0 Å². The van der Waals surface area contributed by atoms with Crippen molar-refractivity contribution in [2.45, 2.75) is 12.1 Å². The molecule has 0 bridgehead atoms. The molecule has 1 aromatic carbocycles. The molecule has 0 radical (unpaired) electrons. The molecule has 0 saturated carbocycles. The number of nitrogens with zero attached hydrogens (tertiary/aromatic N) is 2. The van der Waals surface area contributed by atoms with Crippen LogP contribution in [0.5, 0.6) is 5.75 Å². The lowest BCUT2D eigenvalue weighted by Gasteiger charge is -2.10. The van der Waals surface area contributed by atoms with Gasteiger partial charge in [0.2, 0.25) is 0 Å². The second-order valence-corrected chi connectivity index (χ2v) is 5.11. The smallest absolute Gasteiger partial charge is 0.261 e. The van der Waals surface area contributed by atoms with E-state index in [1.807, 2.05) is 25.3 Å². The number of carbonyl (C=O) groups is 1. The van der Waals surface area contributed by atoms with Gasteiger partial charge >= 0.3 is 0 Å². The van der Waals surface area contributed by atoms with Crippen molar-refractivity contribution in [1.29, 1.82) is 0 Å². The number of ether oxygens (including phenoxy) is 1. The molecular weight excluding hydrogens is 288 g/mol. The summed E-state index contributed by atoms with van der Waals surface area (Å²) in [5.41, 5.74) is 1.85. The van der Waals surface area contributed by atoms with Crippen LogP contribution in [0, 0.1) is 0 Å². The maximum Gasteiger partial charge on any atom is 0.261 e. The first-order valence-corrected chi connectivity index (χ1v) is 7.70. The van der Waals surface area contributed by atoms with Crippen molar-refractivity contribution in [2.75, 3.05) is 23.5 Å². The zero-order valence-electron chi connectivity index (χ0n) is 11.6. The molecule has 0 atom stereocenters. The third kappa shape index (κ3) is 2.64. The molecule has 1 aliphatic heterocycles. The van der Waals surface area contributed by atoms with E-state index in [0.29, 0.717) is 34.6 Å². The molecule has 2 aromatic rings. The number of nitrogens with one attached hydrogen (secondary N) is 2. The van der Waals surface area contributed by atoms with Crippen LogP contribution in [0.1, 0.15) is 17.3 Å². The number of thioether (sulfide) groups is 1. The number of rotatable bonds is 3. The van der Waals surface area contributed by atoms with Crippen LogP contribution in [0.15, 0.2) is 29.6 Å². The number of aromatic nitrogens is 2. The van der Waals surface area contributed by atoms with Crippen LogP contribution in [0.25, 0.3) is 0 Å². The van der Waals surface area contributed by atoms with Crippen LogP contribution in [-0.4, -0.2) is 28.7 Å². The normalized spacial score (nSPS) is 12.6. The molecule has 2 heterocycles. The lowest BCUT2D eigenvalue weighted by Crippen LogP contribution is -2.12. The predicted octanol–water partition coefficient (Wildman–Crippen LogP) is 2.91. The van der Waals surface area contributed by atoms with Crippen LogP contribution in [0.3, 0.4) is 0 Å². The molecule has 21 heavy (non-hydrogen) atoms. The van der Waals surface area contributed by atoms with Crippen LogP contribution in [0.4, 0.5) is 17.2 Å². The molecule has 3 rings (SSSR count). The lowest BCUT2D eigenvalue weighted by atomic mass is 10.2. The zero-order valence-corrected chi connectivity index (χ0v) is 12.5. The number of hydrogen-bond acceptors (Lipinski definition) is 6. The van der Waals surface area contributed by atoms with Crippen molar-refractivity contribution in [2.24, 2.45) is 0 Å². The second-order valence-electron chi connectivity index (χ2n) is 4.34. The molecule has 0 spiro atoms. The number of amides is 1. The fourth-order valence-corrected chi connectivity index (χ4v) is 2.38. The summed E-state index contributed by atoms with van der Waals surface area (Å²) in [7, 11) is 0. The standard InChI is InChI=1S/C14H14N4O2S/c1-3-20-8-4-5-10-11(6-8)17-13(19)9-7-15-14(21-2)18-12(9)16-10/h4-7H,3H2,1-2H3,(H,17,19)(H,15,16,18). The first kappa shape index (κ1) is 13.7. The fraction of sp³-hybridized carbons (Fsp3) is 0.214. The highest BCUT2D eigenvalue weighted by Crippen LogP contribution is 2.33. The Kier molecular flexibility index (Phi) is 3.66. The summed E-state index contributed by atoms with van der Waals surface area (Å²) in [5.74, 6) is 0.979. The third-order valence-electron chi connectivity index (χ3n) is 3.00. The van der Waals surface area contributed by atoms with Crippen LogP contribution in [-0.2, 0) is 0 Å². The first-order valence-electron chi connectivity index (χ1n) is 6.47. The molecule has 0 unspecified atom stereocenters. The van der Waals surface area contributed by atoms with Gasteiger partial charge in [0.25, 0.3) is 5.91 Å². The summed E-state index contributed by atoms with van der Waals surface area (Å²) in [4.78, 5) is 20.7. The van der Waals surface area contributed by atoms with Gasteiger partial charge < -0.3 is 15.4 Å². The van der Waals surface area contributed by atoms with E-state index >= 15 is 0 Å². The highest BCUT2D eigenvalue weighted by Gasteiger charge is 2.21. The van der Waals surface area contributed by atoms with Gasteiger partial charge in [-0.05, 0) is 25.3 Å². The molecular formula is C14H14N4O2S. The molecule has 1 aliphatic rings. The van der Waals surface area contributed by atoms with Crippen molar-refractivity contribution in [3.63, 3.8) is 0 Å². The number of anilines is 3. The van der Waals surface area contributed by atoms with Crippen molar-refractivity contribution < 1.29 is 9.53 Å². The molecule has 2 N–H and O–H groups in total. The second kappa shape index (κ2) is 5.61. The van der Waals surface area contributed by atoms with Gasteiger partial charge in [0.15, 0.2) is 5.16 Å². The Balaban J connectivity index is 2.03. The summed E-state index contributed by atoms with van der Waals surface area (Å²) in [5, 5.41) is 6.64. The van der Waals surface area contributed by atoms with Gasteiger partial charge in [-0.15, -0.1) is 0 Å². The van der Waals surface area contributed by atoms with E-state index in [2.05, 4.69) is 20.6 Å². The van der Waals surface area contributed by atoms with E-state index in [-0.39, 0.29) is 5.91 Å². The molecule has 6 nitrogen and oxygen atoms in total. The molecule has 7 heteroatoms. The Hall–Kier alpha value is -2.28. The van der Waals surface area contributed by atoms with Gasteiger partial charge in [0.05, 0.1) is 18.0 Å². The third-order valence-corrected chi connectivity index (χ3v) is 3.56. The quantitative estimate of drug-likeness (QED) is 0.670. The van der Waals surface area contributed by atoms with Gasteiger partial charge in [-0.25, -0.2) is 9.97 Å². The molecule has 0 fully saturated rings. The van der Waals surface area contributed by atoms with Gasteiger partial charge in [-0.3, -0.25) is 4.79 Å². The van der Waals surface area contributed by atoms with Crippen molar-refractivity contribution >= 4 is 34.9 Å². The summed E-state index contributed by atoms with van der Waals surface area (Å²) >= 11 is 1.43. The SMILES string of the molecule is CCOc1ccc2c(c1)NC(=O)c1cnc(SC)nc1N2. The number of fused-ring (bicyclic) bond motifs is 2. The summed E-state index contributed by atoms with van der Waals surface area (Å²) in [6, 6.07) is 5.50. The van der Waals surface area contributed by atoms with Gasteiger partial charge in [0.1, 0.15) is 17.1 Å². The Bertz CT molecular complexity index is 705. The van der Waals surface area contributed by atoms with Crippen LogP contribution < -0.4 is 15.4 Å². The van der Waals surface area contributed by atoms with E-state index in [1.54, 1.807) is 6.07 Å². The topological polar surface area (TPSA) is 76.1 Å². The Morgan fingerprint density at radius 2 is 2.14 bits per heavy atom. The molecule has 0 saturated heterocycles. The van der Waals surface area contributed by atoms with Crippen molar-refractivity contribution in [1.82, 2.24) is 9.97 Å². The Morgan fingerprint density at radius 1 is 1.29 bits per heavy atom. The van der Waals surface area contributed by atoms with E-state index in [4.69, 9.17) is 4.74 Å². The number of benzene rings is 1. The fourth-order valence-electron chi connectivity index (χ4n) is 2.03. The minimum atomic E-state index is -0.238. The summed E-state index contributed by atoms with van der Waals surface area (Å²) in [6.45, 7) is 2.49. The Morgan fingerprint density at radius 3 is 2.90 bits per heavy atom. The highest BCUT2D eigenvalue weighted by molar-refractivity contribution is 7.98. The average Bonchev–Trinajstić information content (AvgIpc) is 2.62. The van der Waals surface area contributed by atoms with Gasteiger partial charge in [-0.1, -0.05) is 11.8 Å². The minimum Gasteiger partial charge on any atom is -0.494 e. The highest BCUT2D eigenvalue weighted by atomic mass is 32.2. The molecule has 1 aromatic heterocycles. The van der Waals surface area contributed by atoms with E-state index < -0.39 is 0 Å². The Labute approximate surface area is 126 Å². The minimum absolute atomic E-state index is 0.238. The summed E-state index contributed by atoms with van der Waals surface area (Å²) < 4.78 is 5.45. The van der Waals surface area contributed by atoms with Crippen LogP contribution >= 0.6 is 11.8 Å². The largest absolute Gasteiger partial charge is 0.494 e. The van der Waals surface area contributed by atoms with Crippen LogP contribution in [0.2, 0.25) is 0 Å². The number of carbonyl (C=O) groups excluding carboxylic acids is 1. The maximum atomic E-state index is 12.3.